The Morgan fingerprint density at radius 2 is 1.95 bits per heavy atom. The predicted molar refractivity (Wildman–Crippen MR) is 86.1 cm³/mol. The van der Waals surface area contributed by atoms with Gasteiger partial charge in [-0.05, 0) is 24.5 Å². The Labute approximate surface area is 125 Å². The second kappa shape index (κ2) is 8.21. The number of nitrogens with zero attached hydrogens (tertiary/aromatic N) is 2. The highest BCUT2D eigenvalue weighted by Crippen LogP contribution is 2.21. The van der Waals surface area contributed by atoms with Gasteiger partial charge in [-0.2, -0.15) is 0 Å². The Bertz CT molecular complexity index is 559. The van der Waals surface area contributed by atoms with Gasteiger partial charge in [0.2, 0.25) is 0 Å². The highest BCUT2D eigenvalue weighted by molar-refractivity contribution is 5.62. The Hall–Kier alpha value is -2.14. The first-order valence-corrected chi connectivity index (χ1v) is 7.23. The molecule has 5 heteroatoms. The van der Waals surface area contributed by atoms with Crippen LogP contribution in [0.5, 0.6) is 0 Å². The van der Waals surface area contributed by atoms with E-state index in [2.05, 4.69) is 33.6 Å². The van der Waals surface area contributed by atoms with E-state index >= 15 is 0 Å². The van der Waals surface area contributed by atoms with Gasteiger partial charge in [0, 0.05) is 25.4 Å². The first kappa shape index (κ1) is 15.3. The molecular weight excluding hydrogens is 264 g/mol. The molecule has 2 aromatic rings. The van der Waals surface area contributed by atoms with Crippen molar-refractivity contribution in [2.75, 3.05) is 30.9 Å². The molecule has 1 aromatic heterocycles. The largest absolute Gasteiger partial charge is 0.384 e. The number of aromatic nitrogens is 2. The molecule has 0 aliphatic carbocycles. The zero-order valence-corrected chi connectivity index (χ0v) is 12.6. The van der Waals surface area contributed by atoms with Gasteiger partial charge in [-0.15, -0.1) is 0 Å². The van der Waals surface area contributed by atoms with Crippen molar-refractivity contribution in [3.05, 3.63) is 42.2 Å². The molecule has 0 amide bonds. The minimum absolute atomic E-state index is 0.700. The summed E-state index contributed by atoms with van der Waals surface area (Å²) in [6.07, 6.45) is 3.50. The van der Waals surface area contributed by atoms with Crippen molar-refractivity contribution in [2.24, 2.45) is 0 Å². The number of methoxy groups -OCH3 is 1. The third kappa shape index (κ3) is 4.72. The van der Waals surface area contributed by atoms with Crippen molar-refractivity contribution in [1.82, 2.24) is 9.97 Å². The Kier molecular flexibility index (Phi) is 5.97. The van der Waals surface area contributed by atoms with E-state index in [-0.39, 0.29) is 0 Å². The summed E-state index contributed by atoms with van der Waals surface area (Å²) in [4.78, 5) is 8.48. The van der Waals surface area contributed by atoms with E-state index in [9.17, 15) is 0 Å². The molecule has 1 aromatic carbocycles. The molecule has 0 spiro atoms. The van der Waals surface area contributed by atoms with E-state index in [4.69, 9.17) is 4.74 Å². The molecule has 112 valence electrons. The fourth-order valence-corrected chi connectivity index (χ4v) is 1.99. The number of hydrogen-bond donors (Lipinski definition) is 2. The van der Waals surface area contributed by atoms with Crippen molar-refractivity contribution in [3.8, 4) is 0 Å². The minimum atomic E-state index is 0.700. The second-order valence-corrected chi connectivity index (χ2v) is 4.74. The van der Waals surface area contributed by atoms with E-state index in [1.54, 1.807) is 13.4 Å². The first-order valence-electron chi connectivity index (χ1n) is 7.23. The van der Waals surface area contributed by atoms with Crippen molar-refractivity contribution in [1.29, 1.82) is 0 Å². The molecule has 0 unspecified atom stereocenters. The highest BCUT2D eigenvalue weighted by atomic mass is 16.5. The van der Waals surface area contributed by atoms with Crippen molar-refractivity contribution in [2.45, 2.75) is 19.8 Å². The highest BCUT2D eigenvalue weighted by Gasteiger charge is 2.04. The lowest BCUT2D eigenvalue weighted by Crippen LogP contribution is -2.04. The average Bonchev–Trinajstić information content (AvgIpc) is 2.52. The van der Waals surface area contributed by atoms with Crippen LogP contribution in [0.2, 0.25) is 0 Å². The molecular formula is C16H22N4O. The standard InChI is InChI=1S/C16H22N4O/c1-3-9-17-15-11-16(19-12-18-15)20-14-7-5-4-6-13(14)8-10-21-2/h4-7,11-12H,3,8-10H2,1-2H3,(H2,17,18,19,20). The van der Waals surface area contributed by atoms with E-state index in [1.807, 2.05) is 24.3 Å². The summed E-state index contributed by atoms with van der Waals surface area (Å²) in [6.45, 7) is 3.73. The van der Waals surface area contributed by atoms with Crippen LogP contribution in [0.15, 0.2) is 36.7 Å². The van der Waals surface area contributed by atoms with Crippen LogP contribution >= 0.6 is 0 Å². The maximum atomic E-state index is 5.15. The molecule has 0 saturated heterocycles. The Morgan fingerprint density at radius 3 is 2.76 bits per heavy atom. The molecule has 1 heterocycles. The first-order chi connectivity index (χ1) is 10.3. The lowest BCUT2D eigenvalue weighted by atomic mass is 10.1. The zero-order valence-electron chi connectivity index (χ0n) is 12.6. The molecule has 21 heavy (non-hydrogen) atoms. The van der Waals surface area contributed by atoms with Gasteiger partial charge in [-0.3, -0.25) is 0 Å². The molecule has 5 nitrogen and oxygen atoms in total. The lowest BCUT2D eigenvalue weighted by molar-refractivity contribution is 0.202. The van der Waals surface area contributed by atoms with Gasteiger partial charge in [-0.1, -0.05) is 25.1 Å². The van der Waals surface area contributed by atoms with E-state index in [0.717, 1.165) is 36.7 Å². The van der Waals surface area contributed by atoms with Crippen LogP contribution in [-0.4, -0.2) is 30.2 Å². The van der Waals surface area contributed by atoms with Gasteiger partial charge in [-0.25, -0.2) is 9.97 Å². The van der Waals surface area contributed by atoms with Crippen LogP contribution < -0.4 is 10.6 Å². The zero-order chi connectivity index (χ0) is 14.9. The third-order valence-corrected chi connectivity index (χ3v) is 3.08. The molecule has 0 aliphatic rings. The van der Waals surface area contributed by atoms with E-state index in [0.29, 0.717) is 6.61 Å². The summed E-state index contributed by atoms with van der Waals surface area (Å²) in [6, 6.07) is 10.1. The van der Waals surface area contributed by atoms with Crippen LogP contribution in [0.25, 0.3) is 0 Å². The van der Waals surface area contributed by atoms with Crippen molar-refractivity contribution < 1.29 is 4.74 Å². The fourth-order valence-electron chi connectivity index (χ4n) is 1.99. The van der Waals surface area contributed by atoms with Crippen LogP contribution in [0.3, 0.4) is 0 Å². The minimum Gasteiger partial charge on any atom is -0.384 e. The Balaban J connectivity index is 2.10. The number of para-hydroxylation sites is 1. The quantitative estimate of drug-likeness (QED) is 0.780. The Morgan fingerprint density at radius 1 is 1.14 bits per heavy atom. The summed E-state index contributed by atoms with van der Waals surface area (Å²) in [5.41, 5.74) is 2.26. The molecule has 2 N–H and O–H groups in total. The van der Waals surface area contributed by atoms with Gasteiger partial charge in [0.1, 0.15) is 18.0 Å². The monoisotopic (exact) mass is 286 g/mol. The van der Waals surface area contributed by atoms with Crippen LogP contribution in [0, 0.1) is 0 Å². The average molecular weight is 286 g/mol. The third-order valence-electron chi connectivity index (χ3n) is 3.08. The van der Waals surface area contributed by atoms with Crippen LogP contribution in [-0.2, 0) is 11.2 Å². The maximum Gasteiger partial charge on any atom is 0.135 e. The van der Waals surface area contributed by atoms with Crippen molar-refractivity contribution in [3.63, 3.8) is 0 Å². The van der Waals surface area contributed by atoms with Gasteiger partial charge in [0.25, 0.3) is 0 Å². The number of benzene rings is 1. The van der Waals surface area contributed by atoms with Gasteiger partial charge < -0.3 is 15.4 Å². The normalized spacial score (nSPS) is 10.4. The second-order valence-electron chi connectivity index (χ2n) is 4.74. The van der Waals surface area contributed by atoms with Crippen LogP contribution in [0.4, 0.5) is 17.3 Å². The number of hydrogen-bond acceptors (Lipinski definition) is 5. The molecule has 0 atom stereocenters. The summed E-state index contributed by atoms with van der Waals surface area (Å²) in [7, 11) is 1.71. The number of nitrogens with one attached hydrogen (secondary N) is 2. The summed E-state index contributed by atoms with van der Waals surface area (Å²) < 4.78 is 5.15. The molecule has 0 saturated carbocycles. The molecule has 0 radical (unpaired) electrons. The topological polar surface area (TPSA) is 59.1 Å². The van der Waals surface area contributed by atoms with Crippen molar-refractivity contribution >= 4 is 17.3 Å². The predicted octanol–water partition coefficient (Wildman–Crippen LogP) is 3.23. The summed E-state index contributed by atoms with van der Waals surface area (Å²) >= 11 is 0. The van der Waals surface area contributed by atoms with Crippen LogP contribution in [0.1, 0.15) is 18.9 Å². The number of anilines is 3. The number of ether oxygens (including phenoxy) is 1. The number of rotatable bonds is 8. The molecule has 0 fully saturated rings. The maximum absolute atomic E-state index is 5.15. The summed E-state index contributed by atoms with van der Waals surface area (Å²) in [5.74, 6) is 1.62. The fraction of sp³-hybridized carbons (Fsp3) is 0.375. The molecule has 0 bridgehead atoms. The van der Waals surface area contributed by atoms with Gasteiger partial charge >= 0.3 is 0 Å². The van der Waals surface area contributed by atoms with E-state index in [1.165, 1.54) is 5.56 Å². The summed E-state index contributed by atoms with van der Waals surface area (Å²) in [5, 5.41) is 6.61. The van der Waals surface area contributed by atoms with E-state index < -0.39 is 0 Å². The molecule has 0 aliphatic heterocycles. The molecule has 2 rings (SSSR count). The van der Waals surface area contributed by atoms with Gasteiger partial charge in [0.15, 0.2) is 0 Å². The smallest absolute Gasteiger partial charge is 0.135 e. The van der Waals surface area contributed by atoms with Gasteiger partial charge in [0.05, 0.1) is 6.61 Å². The lowest BCUT2D eigenvalue weighted by Gasteiger charge is -2.12. The SMILES string of the molecule is CCCNc1cc(Nc2ccccc2CCOC)ncn1.